The van der Waals surface area contributed by atoms with E-state index in [4.69, 9.17) is 0 Å². The zero-order valence-corrected chi connectivity index (χ0v) is 11.2. The summed E-state index contributed by atoms with van der Waals surface area (Å²) < 4.78 is 0. The smallest absolute Gasteiger partial charge is 0.205 e. The molecule has 3 heteroatoms. The van der Waals surface area contributed by atoms with Crippen LogP contribution in [0.15, 0.2) is 36.5 Å². The molecule has 3 aromatic rings. The molecule has 0 atom stereocenters. The third kappa shape index (κ3) is 1.65. The molecule has 0 saturated heterocycles. The summed E-state index contributed by atoms with van der Waals surface area (Å²) in [5, 5.41) is 1.01. The molecule has 19 heavy (non-hydrogen) atoms. The number of aromatic nitrogens is 1. The summed E-state index contributed by atoms with van der Waals surface area (Å²) in [6.07, 6.45) is 5.34. The Kier molecular flexibility index (Phi) is 2.35. The molecule has 1 aromatic carbocycles. The minimum absolute atomic E-state index is 0.150. The number of nitrogens with one attached hydrogen (secondary N) is 1. The summed E-state index contributed by atoms with van der Waals surface area (Å²) >= 11 is 1.67. The van der Waals surface area contributed by atoms with Crippen molar-refractivity contribution in [1.29, 1.82) is 0 Å². The van der Waals surface area contributed by atoms with Crippen molar-refractivity contribution in [2.45, 2.75) is 19.3 Å². The van der Waals surface area contributed by atoms with Crippen LogP contribution in [0.4, 0.5) is 0 Å². The van der Waals surface area contributed by atoms with E-state index in [1.165, 1.54) is 16.9 Å². The van der Waals surface area contributed by atoms with Crippen molar-refractivity contribution < 1.29 is 4.79 Å². The van der Waals surface area contributed by atoms with E-state index in [0.29, 0.717) is 0 Å². The van der Waals surface area contributed by atoms with Crippen molar-refractivity contribution in [3.8, 4) is 0 Å². The zero-order valence-electron chi connectivity index (χ0n) is 10.4. The minimum atomic E-state index is 0.150. The average Bonchev–Trinajstić information content (AvgIpc) is 3.11. The molecule has 94 valence electrons. The van der Waals surface area contributed by atoms with Crippen molar-refractivity contribution in [3.05, 3.63) is 57.4 Å². The van der Waals surface area contributed by atoms with E-state index in [1.54, 1.807) is 11.3 Å². The Labute approximate surface area is 115 Å². The normalized spacial score (nSPS) is 13.9. The second-order valence-corrected chi connectivity index (χ2v) is 6.13. The molecule has 0 spiro atoms. The molecule has 0 saturated carbocycles. The summed E-state index contributed by atoms with van der Waals surface area (Å²) in [5.41, 5.74) is 3.19. The van der Waals surface area contributed by atoms with Gasteiger partial charge in [0.1, 0.15) is 0 Å². The molecule has 0 aliphatic heterocycles. The number of para-hydroxylation sites is 1. The summed E-state index contributed by atoms with van der Waals surface area (Å²) in [6.45, 7) is 0. The number of aryl methyl sites for hydroxylation is 2. The zero-order chi connectivity index (χ0) is 12.8. The largest absolute Gasteiger partial charge is 0.360 e. The maximum Gasteiger partial charge on any atom is 0.205 e. The van der Waals surface area contributed by atoms with Crippen LogP contribution in [-0.4, -0.2) is 10.8 Å². The van der Waals surface area contributed by atoms with Crippen LogP contribution in [0.2, 0.25) is 0 Å². The van der Waals surface area contributed by atoms with E-state index in [-0.39, 0.29) is 5.78 Å². The van der Waals surface area contributed by atoms with E-state index in [9.17, 15) is 4.79 Å². The van der Waals surface area contributed by atoms with Gasteiger partial charge in [-0.15, -0.1) is 11.3 Å². The number of benzene rings is 1. The lowest BCUT2D eigenvalue weighted by Crippen LogP contribution is -1.97. The first-order valence-electron chi connectivity index (χ1n) is 6.55. The molecule has 0 amide bonds. The van der Waals surface area contributed by atoms with Crippen molar-refractivity contribution in [2.75, 3.05) is 0 Å². The van der Waals surface area contributed by atoms with Crippen LogP contribution in [0.1, 0.15) is 32.1 Å². The lowest BCUT2D eigenvalue weighted by molar-refractivity contribution is 0.104. The van der Waals surface area contributed by atoms with E-state index in [2.05, 4.69) is 11.1 Å². The van der Waals surface area contributed by atoms with Gasteiger partial charge < -0.3 is 4.98 Å². The van der Waals surface area contributed by atoms with E-state index >= 15 is 0 Å². The van der Waals surface area contributed by atoms with Crippen molar-refractivity contribution in [1.82, 2.24) is 4.98 Å². The van der Waals surface area contributed by atoms with Gasteiger partial charge in [0.25, 0.3) is 0 Å². The van der Waals surface area contributed by atoms with Gasteiger partial charge in [-0.1, -0.05) is 18.2 Å². The Hall–Kier alpha value is -1.87. The molecule has 1 N–H and O–H groups in total. The Morgan fingerprint density at radius 2 is 2.11 bits per heavy atom. The van der Waals surface area contributed by atoms with Crippen molar-refractivity contribution in [2.24, 2.45) is 0 Å². The predicted octanol–water partition coefficient (Wildman–Crippen LogP) is 3.95. The second kappa shape index (κ2) is 4.07. The fraction of sp³-hybridized carbons (Fsp3) is 0.188. The molecule has 2 aromatic heterocycles. The highest BCUT2D eigenvalue weighted by Gasteiger charge is 2.21. The first-order valence-corrected chi connectivity index (χ1v) is 7.37. The number of hydrogen-bond acceptors (Lipinski definition) is 2. The SMILES string of the molecule is O=C(c1cc2c(s1)CCC2)c1c[nH]c2ccccc12. The highest BCUT2D eigenvalue weighted by atomic mass is 32.1. The van der Waals surface area contributed by atoms with Gasteiger partial charge in [0.05, 0.1) is 4.88 Å². The molecule has 0 radical (unpaired) electrons. The maximum absolute atomic E-state index is 12.6. The molecule has 4 rings (SSSR count). The number of fused-ring (bicyclic) bond motifs is 2. The van der Waals surface area contributed by atoms with Crippen LogP contribution in [0.5, 0.6) is 0 Å². The number of carbonyl (C=O) groups is 1. The molecule has 2 nitrogen and oxygen atoms in total. The number of hydrogen-bond donors (Lipinski definition) is 1. The Morgan fingerprint density at radius 3 is 3.00 bits per heavy atom. The Bertz CT molecular complexity index is 760. The van der Waals surface area contributed by atoms with Crippen LogP contribution in [-0.2, 0) is 12.8 Å². The van der Waals surface area contributed by atoms with Gasteiger partial charge in [-0.25, -0.2) is 0 Å². The van der Waals surface area contributed by atoms with Gasteiger partial charge in [0.15, 0.2) is 0 Å². The van der Waals surface area contributed by atoms with Gasteiger partial charge in [-0.3, -0.25) is 4.79 Å². The monoisotopic (exact) mass is 267 g/mol. The lowest BCUT2D eigenvalue weighted by Gasteiger charge is -1.96. The fourth-order valence-corrected chi connectivity index (χ4v) is 4.04. The van der Waals surface area contributed by atoms with Crippen LogP contribution < -0.4 is 0 Å². The van der Waals surface area contributed by atoms with E-state index in [1.807, 2.05) is 30.5 Å². The summed E-state index contributed by atoms with van der Waals surface area (Å²) in [5.74, 6) is 0.150. The Balaban J connectivity index is 1.81. The van der Waals surface area contributed by atoms with Crippen LogP contribution >= 0.6 is 11.3 Å². The van der Waals surface area contributed by atoms with Gasteiger partial charge in [-0.2, -0.15) is 0 Å². The quantitative estimate of drug-likeness (QED) is 0.701. The molecule has 1 aliphatic rings. The van der Waals surface area contributed by atoms with Gasteiger partial charge in [0, 0.05) is 27.5 Å². The lowest BCUT2D eigenvalue weighted by atomic mass is 10.1. The molecular weight excluding hydrogens is 254 g/mol. The van der Waals surface area contributed by atoms with E-state index < -0.39 is 0 Å². The Morgan fingerprint density at radius 1 is 1.21 bits per heavy atom. The maximum atomic E-state index is 12.6. The molecule has 0 unspecified atom stereocenters. The summed E-state index contributed by atoms with van der Waals surface area (Å²) in [6, 6.07) is 10.0. The highest BCUT2D eigenvalue weighted by molar-refractivity contribution is 7.14. The number of rotatable bonds is 2. The van der Waals surface area contributed by atoms with Gasteiger partial charge in [-0.05, 0) is 37.0 Å². The van der Waals surface area contributed by atoms with Crippen molar-refractivity contribution >= 4 is 28.0 Å². The standard InChI is InChI=1S/C16H13NOS/c18-16(15-8-10-4-3-7-14(10)19-15)12-9-17-13-6-2-1-5-11(12)13/h1-2,5-6,8-9,17H,3-4,7H2. The first kappa shape index (κ1) is 11.0. The fourth-order valence-electron chi connectivity index (χ4n) is 2.83. The second-order valence-electron chi connectivity index (χ2n) is 4.99. The van der Waals surface area contributed by atoms with Crippen molar-refractivity contribution in [3.63, 3.8) is 0 Å². The predicted molar refractivity (Wildman–Crippen MR) is 78.1 cm³/mol. The molecule has 0 bridgehead atoms. The summed E-state index contributed by atoms with van der Waals surface area (Å²) in [4.78, 5) is 18.1. The third-order valence-corrected chi connectivity index (χ3v) is 5.04. The first-order chi connectivity index (χ1) is 9.33. The van der Waals surface area contributed by atoms with Crippen LogP contribution in [0, 0.1) is 0 Å². The summed E-state index contributed by atoms with van der Waals surface area (Å²) in [7, 11) is 0. The molecular formula is C16H13NOS. The molecule has 0 fully saturated rings. The van der Waals surface area contributed by atoms with E-state index in [0.717, 1.165) is 34.2 Å². The minimum Gasteiger partial charge on any atom is -0.360 e. The number of carbonyl (C=O) groups excluding carboxylic acids is 1. The highest BCUT2D eigenvalue weighted by Crippen LogP contribution is 2.32. The van der Waals surface area contributed by atoms with Crippen LogP contribution in [0.25, 0.3) is 10.9 Å². The number of thiophene rings is 1. The average molecular weight is 267 g/mol. The molecule has 1 aliphatic carbocycles. The van der Waals surface area contributed by atoms with Gasteiger partial charge >= 0.3 is 0 Å². The number of H-pyrrole nitrogens is 1. The number of ketones is 1. The third-order valence-electron chi connectivity index (χ3n) is 3.80. The molecule has 2 heterocycles. The topological polar surface area (TPSA) is 32.9 Å². The number of aromatic amines is 1. The van der Waals surface area contributed by atoms with Crippen LogP contribution in [0.3, 0.4) is 0 Å². The van der Waals surface area contributed by atoms with Gasteiger partial charge in [0.2, 0.25) is 5.78 Å².